The van der Waals surface area contributed by atoms with E-state index in [0.717, 1.165) is 28.8 Å². The first-order chi connectivity index (χ1) is 14.9. The zero-order chi connectivity index (χ0) is 22.0. The van der Waals surface area contributed by atoms with Gasteiger partial charge < -0.3 is 15.2 Å². The first-order valence-electron chi connectivity index (χ1n) is 10.7. The van der Waals surface area contributed by atoms with Crippen LogP contribution in [0.15, 0.2) is 48.5 Å². The van der Waals surface area contributed by atoms with Crippen LogP contribution in [0.2, 0.25) is 5.02 Å². The molecule has 7 heteroatoms. The predicted octanol–water partition coefficient (Wildman–Crippen LogP) is 4.47. The number of H-pyrrole nitrogens is 1. The number of aromatic nitrogens is 2. The number of benzene rings is 2. The van der Waals surface area contributed by atoms with Crippen molar-refractivity contribution in [1.29, 1.82) is 0 Å². The van der Waals surface area contributed by atoms with Crippen LogP contribution in [-0.4, -0.2) is 33.2 Å². The Morgan fingerprint density at radius 1 is 1.23 bits per heavy atom. The standard InChI is InChI=1S/C24H27ClN4O2/c1-15(2)11-21(23-26-19-9-5-6-10-20(19)27-23)28-24(31)17-12-22(30)29(14-17)13-16-7-3-4-8-18(16)25/h3-10,15,17,21H,11-14H2,1-2H3,(H,26,27)(H,28,31)/t17-,21-/m1/s1. The highest BCUT2D eigenvalue weighted by molar-refractivity contribution is 6.31. The van der Waals surface area contributed by atoms with Gasteiger partial charge in [0.05, 0.1) is 23.0 Å². The van der Waals surface area contributed by atoms with Crippen LogP contribution in [0.5, 0.6) is 0 Å². The van der Waals surface area contributed by atoms with Gasteiger partial charge in [-0.05, 0) is 36.1 Å². The van der Waals surface area contributed by atoms with Crippen molar-refractivity contribution in [2.75, 3.05) is 6.54 Å². The second kappa shape index (κ2) is 9.10. The Balaban J connectivity index is 1.46. The van der Waals surface area contributed by atoms with Crippen LogP contribution in [0, 0.1) is 11.8 Å². The number of aromatic amines is 1. The molecular formula is C24H27ClN4O2. The van der Waals surface area contributed by atoms with Gasteiger partial charge in [0.15, 0.2) is 0 Å². The summed E-state index contributed by atoms with van der Waals surface area (Å²) in [6.45, 7) is 5.05. The van der Waals surface area contributed by atoms with Gasteiger partial charge in [-0.25, -0.2) is 4.98 Å². The van der Waals surface area contributed by atoms with Gasteiger partial charge in [-0.2, -0.15) is 0 Å². The summed E-state index contributed by atoms with van der Waals surface area (Å²) in [4.78, 5) is 35.3. The van der Waals surface area contributed by atoms with E-state index in [1.54, 1.807) is 4.90 Å². The number of para-hydroxylation sites is 2. The molecule has 0 radical (unpaired) electrons. The molecule has 1 aliphatic heterocycles. The number of carbonyl (C=O) groups is 2. The molecule has 0 saturated carbocycles. The van der Waals surface area contributed by atoms with Crippen molar-refractivity contribution in [1.82, 2.24) is 20.2 Å². The number of hydrogen-bond acceptors (Lipinski definition) is 3. The lowest BCUT2D eigenvalue weighted by atomic mass is 10.0. The van der Waals surface area contributed by atoms with Crippen molar-refractivity contribution in [2.24, 2.45) is 11.8 Å². The van der Waals surface area contributed by atoms with Gasteiger partial charge >= 0.3 is 0 Å². The van der Waals surface area contributed by atoms with Crippen molar-refractivity contribution in [3.63, 3.8) is 0 Å². The van der Waals surface area contributed by atoms with Crippen LogP contribution < -0.4 is 5.32 Å². The van der Waals surface area contributed by atoms with Crippen LogP contribution in [0.4, 0.5) is 0 Å². The summed E-state index contributed by atoms with van der Waals surface area (Å²) in [5, 5.41) is 3.78. The maximum atomic E-state index is 13.1. The Morgan fingerprint density at radius 3 is 2.71 bits per heavy atom. The molecule has 3 aromatic rings. The lowest BCUT2D eigenvalue weighted by Crippen LogP contribution is -2.36. The topological polar surface area (TPSA) is 78.1 Å². The Labute approximate surface area is 187 Å². The van der Waals surface area contributed by atoms with Crippen LogP contribution in [0.1, 0.15) is 44.1 Å². The highest BCUT2D eigenvalue weighted by Gasteiger charge is 2.35. The average molecular weight is 439 g/mol. The van der Waals surface area contributed by atoms with Crippen molar-refractivity contribution < 1.29 is 9.59 Å². The number of imidazole rings is 1. The Morgan fingerprint density at radius 2 is 1.97 bits per heavy atom. The van der Waals surface area contributed by atoms with Gasteiger partial charge in [-0.1, -0.05) is 55.8 Å². The Bertz CT molecular complexity index is 1060. The summed E-state index contributed by atoms with van der Waals surface area (Å²) >= 11 is 6.24. The van der Waals surface area contributed by atoms with E-state index in [0.29, 0.717) is 24.0 Å². The molecule has 4 rings (SSSR count). The minimum Gasteiger partial charge on any atom is -0.346 e. The molecule has 2 aromatic carbocycles. The summed E-state index contributed by atoms with van der Waals surface area (Å²) in [6.07, 6.45) is 0.973. The number of nitrogens with zero attached hydrogens (tertiary/aromatic N) is 2. The molecule has 0 aliphatic carbocycles. The van der Waals surface area contributed by atoms with E-state index < -0.39 is 0 Å². The number of fused-ring (bicyclic) bond motifs is 1. The van der Waals surface area contributed by atoms with Gasteiger partial charge in [0.25, 0.3) is 0 Å². The maximum Gasteiger partial charge on any atom is 0.226 e. The summed E-state index contributed by atoms with van der Waals surface area (Å²) in [7, 11) is 0. The molecule has 0 unspecified atom stereocenters. The largest absolute Gasteiger partial charge is 0.346 e. The molecule has 2 N–H and O–H groups in total. The molecule has 0 spiro atoms. The van der Waals surface area contributed by atoms with E-state index in [4.69, 9.17) is 11.6 Å². The van der Waals surface area contributed by atoms with Crippen molar-refractivity contribution >= 4 is 34.4 Å². The summed E-state index contributed by atoms with van der Waals surface area (Å²) in [5.41, 5.74) is 2.71. The highest BCUT2D eigenvalue weighted by Crippen LogP contribution is 2.26. The third-order valence-corrected chi connectivity index (χ3v) is 6.03. The number of nitrogens with one attached hydrogen (secondary N) is 2. The quantitative estimate of drug-likeness (QED) is 0.571. The third-order valence-electron chi connectivity index (χ3n) is 5.67. The van der Waals surface area contributed by atoms with Gasteiger partial charge in [-0.3, -0.25) is 9.59 Å². The molecule has 1 fully saturated rings. The first kappa shape index (κ1) is 21.4. The van der Waals surface area contributed by atoms with Crippen LogP contribution >= 0.6 is 11.6 Å². The molecule has 2 heterocycles. The van der Waals surface area contributed by atoms with Crippen molar-refractivity contribution in [3.05, 3.63) is 64.9 Å². The van der Waals surface area contributed by atoms with Crippen LogP contribution in [0.3, 0.4) is 0 Å². The molecule has 1 saturated heterocycles. The zero-order valence-electron chi connectivity index (χ0n) is 17.8. The van der Waals surface area contributed by atoms with E-state index >= 15 is 0 Å². The lowest BCUT2D eigenvalue weighted by molar-refractivity contribution is -0.129. The van der Waals surface area contributed by atoms with Crippen molar-refractivity contribution in [2.45, 2.75) is 39.3 Å². The second-order valence-corrected chi connectivity index (χ2v) is 9.00. The fourth-order valence-electron chi connectivity index (χ4n) is 4.07. The first-order valence-corrected chi connectivity index (χ1v) is 11.0. The van der Waals surface area contributed by atoms with E-state index in [9.17, 15) is 9.59 Å². The third kappa shape index (κ3) is 4.90. The summed E-state index contributed by atoms with van der Waals surface area (Å²) in [6, 6.07) is 15.1. The van der Waals surface area contributed by atoms with E-state index in [1.807, 2.05) is 48.5 Å². The van der Waals surface area contributed by atoms with Gasteiger partial charge in [0.1, 0.15) is 5.82 Å². The lowest BCUT2D eigenvalue weighted by Gasteiger charge is -2.21. The number of rotatable bonds is 7. The minimum absolute atomic E-state index is 0.0239. The number of carbonyl (C=O) groups excluding carboxylic acids is 2. The number of hydrogen-bond donors (Lipinski definition) is 2. The van der Waals surface area contributed by atoms with Gasteiger partial charge in [0.2, 0.25) is 11.8 Å². The fraction of sp³-hybridized carbons (Fsp3) is 0.375. The van der Waals surface area contributed by atoms with Gasteiger partial charge in [0, 0.05) is 24.5 Å². The smallest absolute Gasteiger partial charge is 0.226 e. The zero-order valence-corrected chi connectivity index (χ0v) is 18.5. The molecule has 0 bridgehead atoms. The summed E-state index contributed by atoms with van der Waals surface area (Å²) in [5.74, 6) is 0.611. The average Bonchev–Trinajstić information content (AvgIpc) is 3.32. The molecule has 6 nitrogen and oxygen atoms in total. The Kier molecular flexibility index (Phi) is 6.28. The Hall–Kier alpha value is -2.86. The molecule has 162 valence electrons. The monoisotopic (exact) mass is 438 g/mol. The van der Waals surface area contributed by atoms with Crippen LogP contribution in [-0.2, 0) is 16.1 Å². The maximum absolute atomic E-state index is 13.1. The predicted molar refractivity (Wildman–Crippen MR) is 121 cm³/mol. The van der Waals surface area contributed by atoms with Crippen LogP contribution in [0.25, 0.3) is 11.0 Å². The second-order valence-electron chi connectivity index (χ2n) is 8.60. The molecule has 2 amide bonds. The molecule has 1 aromatic heterocycles. The normalized spacial score (nSPS) is 17.5. The number of amides is 2. The summed E-state index contributed by atoms with van der Waals surface area (Å²) < 4.78 is 0. The molecular weight excluding hydrogens is 412 g/mol. The van der Waals surface area contributed by atoms with Crippen molar-refractivity contribution in [3.8, 4) is 0 Å². The molecule has 2 atom stereocenters. The molecule has 31 heavy (non-hydrogen) atoms. The SMILES string of the molecule is CC(C)C[C@@H](NC(=O)[C@@H]1CC(=O)N(Cc2ccccc2Cl)C1)c1nc2ccccc2[nH]1. The molecule has 1 aliphatic rings. The fourth-order valence-corrected chi connectivity index (χ4v) is 4.27. The van der Waals surface area contributed by atoms with E-state index in [-0.39, 0.29) is 30.2 Å². The highest BCUT2D eigenvalue weighted by atomic mass is 35.5. The minimum atomic E-state index is -0.381. The number of halogens is 1. The van der Waals surface area contributed by atoms with E-state index in [1.165, 1.54) is 0 Å². The number of likely N-dealkylation sites (tertiary alicyclic amines) is 1. The van der Waals surface area contributed by atoms with Gasteiger partial charge in [-0.15, -0.1) is 0 Å². The van der Waals surface area contributed by atoms with E-state index in [2.05, 4.69) is 29.1 Å².